The molecule has 0 rings (SSSR count). The fourth-order valence-corrected chi connectivity index (χ4v) is 0. The van der Waals surface area contributed by atoms with Crippen LogP contribution < -0.4 is 29.6 Å². The molecule has 1 N–H and O–H groups in total. The monoisotopic (exact) mass is 66.0 g/mol. The van der Waals surface area contributed by atoms with E-state index in [0.717, 1.165) is 6.26 Å². The summed E-state index contributed by atoms with van der Waals surface area (Å²) in [6, 6.07) is 0. The van der Waals surface area contributed by atoms with Crippen molar-refractivity contribution in [2.75, 3.05) is 0 Å². The first-order valence-electron chi connectivity index (χ1n) is 0.447. The molecule has 0 aliphatic rings. The fraction of sp³-hybridized carbons (Fsp3) is 0. The van der Waals surface area contributed by atoms with Gasteiger partial charge >= 0.3 is 29.6 Å². The van der Waals surface area contributed by atoms with Gasteiger partial charge in [-0.15, -0.1) is 0 Å². The van der Waals surface area contributed by atoms with E-state index in [4.69, 9.17) is 10.4 Å². The van der Waals surface area contributed by atoms with Crippen LogP contribution in [0.4, 0.5) is 0 Å². The standard InChI is InChI=1S/CHNO.Na/c2-1-3;/h3H;/q;+1. The zero-order valence-corrected chi connectivity index (χ0v) is 4.39. The summed E-state index contributed by atoms with van der Waals surface area (Å²) in [4.78, 5) is 0. The number of aliphatic hydroxyl groups is 1. The van der Waals surface area contributed by atoms with Crippen LogP contribution in [-0.4, -0.2) is 5.11 Å². The smallest absolute Gasteiger partial charge is 0.443 e. The van der Waals surface area contributed by atoms with E-state index in [9.17, 15) is 0 Å². The summed E-state index contributed by atoms with van der Waals surface area (Å²) in [5.74, 6) is 0. The Kier molecular flexibility index (Phi) is 23.0. The van der Waals surface area contributed by atoms with Gasteiger partial charge in [-0.05, 0) is 0 Å². The van der Waals surface area contributed by atoms with E-state index in [2.05, 4.69) is 0 Å². The third-order valence-corrected chi connectivity index (χ3v) is 0. The molecule has 0 spiro atoms. The molecule has 0 bridgehead atoms. The number of rotatable bonds is 0. The van der Waals surface area contributed by atoms with Crippen LogP contribution >= 0.6 is 0 Å². The van der Waals surface area contributed by atoms with Crippen molar-refractivity contribution in [2.24, 2.45) is 0 Å². The van der Waals surface area contributed by atoms with E-state index in [1.165, 1.54) is 0 Å². The van der Waals surface area contributed by atoms with Crippen molar-refractivity contribution in [1.82, 2.24) is 0 Å². The van der Waals surface area contributed by atoms with Gasteiger partial charge in [0, 0.05) is 0 Å². The molecule has 2 nitrogen and oxygen atoms in total. The van der Waals surface area contributed by atoms with Gasteiger partial charge in [-0.25, -0.2) is 0 Å². The van der Waals surface area contributed by atoms with Gasteiger partial charge in [0.25, 0.3) is 6.26 Å². The minimum Gasteiger partial charge on any atom is -0.443 e. The van der Waals surface area contributed by atoms with Gasteiger partial charge in [0.2, 0.25) is 0 Å². The van der Waals surface area contributed by atoms with Gasteiger partial charge < -0.3 is 5.11 Å². The van der Waals surface area contributed by atoms with Crippen molar-refractivity contribution < 1.29 is 34.7 Å². The third kappa shape index (κ3) is 45.3. The molecular weight excluding hydrogens is 65.0 g/mol. The SMILES string of the molecule is N#CO.[Na+]. The van der Waals surface area contributed by atoms with Gasteiger partial charge in [-0.2, -0.15) is 5.26 Å². The first kappa shape index (κ1) is 8.85. The summed E-state index contributed by atoms with van der Waals surface area (Å²) in [6.07, 6.45) is 0.750. The van der Waals surface area contributed by atoms with Gasteiger partial charge in [0.1, 0.15) is 0 Å². The van der Waals surface area contributed by atoms with Crippen LogP contribution in [0.2, 0.25) is 0 Å². The molecule has 0 saturated heterocycles. The first-order chi connectivity index (χ1) is 1.41. The van der Waals surface area contributed by atoms with Crippen molar-refractivity contribution in [1.29, 1.82) is 5.26 Å². The molecule has 0 atom stereocenters. The van der Waals surface area contributed by atoms with Crippen LogP contribution in [0.1, 0.15) is 0 Å². The van der Waals surface area contributed by atoms with Gasteiger partial charge in [-0.3, -0.25) is 0 Å². The fourth-order valence-electron chi connectivity index (χ4n) is 0. The van der Waals surface area contributed by atoms with Crippen molar-refractivity contribution >= 4 is 0 Å². The molecule has 3 heteroatoms. The van der Waals surface area contributed by atoms with E-state index in [1.54, 1.807) is 0 Å². The Morgan fingerprint density at radius 2 is 1.75 bits per heavy atom. The van der Waals surface area contributed by atoms with Crippen LogP contribution in [0.3, 0.4) is 0 Å². The molecule has 0 aromatic heterocycles. The predicted octanol–water partition coefficient (Wildman–Crippen LogP) is -3.16. The normalized spacial score (nSPS) is 1.75. The summed E-state index contributed by atoms with van der Waals surface area (Å²) in [6.45, 7) is 0. The number of nitrogens with zero attached hydrogens (tertiary/aromatic N) is 1. The minimum absolute atomic E-state index is 0. The molecule has 0 amide bonds. The Morgan fingerprint density at radius 1 is 1.75 bits per heavy atom. The Bertz CT molecular complexity index is 29.5. The van der Waals surface area contributed by atoms with Crippen LogP contribution in [0, 0.1) is 11.5 Å². The Hall–Kier alpha value is 0.290. The Morgan fingerprint density at radius 3 is 1.75 bits per heavy atom. The molecule has 4 heavy (non-hydrogen) atoms. The van der Waals surface area contributed by atoms with Gasteiger partial charge in [0.15, 0.2) is 0 Å². The van der Waals surface area contributed by atoms with E-state index in [-0.39, 0.29) is 29.6 Å². The second kappa shape index (κ2) is 10.4. The molecule has 16 valence electrons. The second-order valence-electron chi connectivity index (χ2n) is 0.100. The second-order valence-corrected chi connectivity index (χ2v) is 0.100. The number of nitriles is 1. The van der Waals surface area contributed by atoms with E-state index in [1.807, 2.05) is 0 Å². The van der Waals surface area contributed by atoms with Crippen LogP contribution in [-0.2, 0) is 0 Å². The quantitative estimate of drug-likeness (QED) is 0.239. The number of hydrogen-bond donors (Lipinski definition) is 1. The molecule has 0 heterocycles. The Balaban J connectivity index is 0. The zero-order valence-electron chi connectivity index (χ0n) is 2.39. The number of aliphatic hydroxyl groups excluding tert-OH is 1. The summed E-state index contributed by atoms with van der Waals surface area (Å²) >= 11 is 0. The van der Waals surface area contributed by atoms with Crippen LogP contribution in [0.25, 0.3) is 0 Å². The van der Waals surface area contributed by atoms with E-state index < -0.39 is 0 Å². The molecule has 0 aliphatic heterocycles. The topological polar surface area (TPSA) is 44.0 Å². The van der Waals surface area contributed by atoms with Crippen molar-refractivity contribution in [3.8, 4) is 6.26 Å². The molecule has 0 aliphatic carbocycles. The molecule has 0 radical (unpaired) electrons. The average molecular weight is 66.0 g/mol. The number of hydrogen-bond acceptors (Lipinski definition) is 2. The summed E-state index contributed by atoms with van der Waals surface area (Å²) in [5.41, 5.74) is 0. The molecule has 0 unspecified atom stereocenters. The molecule has 0 saturated carbocycles. The summed E-state index contributed by atoms with van der Waals surface area (Å²) in [7, 11) is 0. The van der Waals surface area contributed by atoms with E-state index in [0.29, 0.717) is 0 Å². The maximum Gasteiger partial charge on any atom is 1.00 e. The van der Waals surface area contributed by atoms with Crippen molar-refractivity contribution in [3.05, 3.63) is 0 Å². The maximum atomic E-state index is 6.88. The van der Waals surface area contributed by atoms with Crippen molar-refractivity contribution in [3.63, 3.8) is 0 Å². The summed E-state index contributed by atoms with van der Waals surface area (Å²) < 4.78 is 0. The van der Waals surface area contributed by atoms with Gasteiger partial charge in [-0.1, -0.05) is 0 Å². The van der Waals surface area contributed by atoms with Crippen LogP contribution in [0.15, 0.2) is 0 Å². The average Bonchev–Trinajstić information content (AvgIpc) is 0.918. The molecule has 0 fully saturated rings. The third-order valence-electron chi connectivity index (χ3n) is 0. The molecular formula is CHNNaO+. The molecule has 0 aromatic rings. The Labute approximate surface area is 46.3 Å². The summed E-state index contributed by atoms with van der Waals surface area (Å²) in [5, 5.41) is 13.8. The maximum absolute atomic E-state index is 6.88. The largest absolute Gasteiger partial charge is 1.00 e. The van der Waals surface area contributed by atoms with Crippen LogP contribution in [0.5, 0.6) is 0 Å². The minimum atomic E-state index is 0. The van der Waals surface area contributed by atoms with Crippen molar-refractivity contribution in [2.45, 2.75) is 0 Å². The first-order valence-corrected chi connectivity index (χ1v) is 0.447. The van der Waals surface area contributed by atoms with Gasteiger partial charge in [0.05, 0.1) is 0 Å². The van der Waals surface area contributed by atoms with E-state index >= 15 is 0 Å². The molecule has 0 aromatic carbocycles. The zero-order chi connectivity index (χ0) is 2.71. The predicted molar refractivity (Wildman–Crippen MR) is 7.55 cm³/mol.